The third kappa shape index (κ3) is 1.42. The molecule has 2 aromatic rings. The molecule has 0 radical (unpaired) electrons. The maximum absolute atomic E-state index is 4.65. The molecule has 0 amide bonds. The fourth-order valence-electron chi connectivity index (χ4n) is 3.60. The van der Waals surface area contributed by atoms with Crippen LogP contribution >= 0.6 is 11.3 Å². The van der Waals surface area contributed by atoms with Gasteiger partial charge in [-0.25, -0.2) is 0 Å². The van der Waals surface area contributed by atoms with Crippen molar-refractivity contribution in [2.24, 2.45) is 17.3 Å². The molecule has 92 valence electrons. The van der Waals surface area contributed by atoms with Crippen molar-refractivity contribution in [2.45, 2.75) is 26.7 Å². The van der Waals surface area contributed by atoms with Crippen LogP contribution in [0.15, 0.2) is 29.8 Å². The van der Waals surface area contributed by atoms with Crippen molar-refractivity contribution in [3.8, 4) is 10.6 Å². The molecule has 0 N–H and O–H groups in total. The molecule has 0 bridgehead atoms. The molecule has 1 nitrogen and oxygen atoms in total. The van der Waals surface area contributed by atoms with Crippen molar-refractivity contribution in [1.82, 2.24) is 4.98 Å². The molecule has 2 aromatic heterocycles. The van der Waals surface area contributed by atoms with E-state index in [2.05, 4.69) is 48.6 Å². The van der Waals surface area contributed by atoms with Gasteiger partial charge in [-0.1, -0.05) is 19.9 Å². The fraction of sp³-hybridized carbons (Fsp3) is 0.438. The van der Waals surface area contributed by atoms with Gasteiger partial charge in [0.25, 0.3) is 0 Å². The summed E-state index contributed by atoms with van der Waals surface area (Å²) in [6.45, 7) is 4.84. The van der Waals surface area contributed by atoms with Crippen molar-refractivity contribution in [3.05, 3.63) is 40.9 Å². The second kappa shape index (κ2) is 3.45. The van der Waals surface area contributed by atoms with E-state index in [4.69, 9.17) is 0 Å². The number of aromatic nitrogens is 1. The first-order valence-electron chi connectivity index (χ1n) is 6.68. The summed E-state index contributed by atoms with van der Waals surface area (Å²) in [5, 5.41) is 2.12. The third-order valence-corrected chi connectivity index (χ3v) is 5.92. The Morgan fingerprint density at radius 3 is 2.72 bits per heavy atom. The van der Waals surface area contributed by atoms with Crippen molar-refractivity contribution in [3.63, 3.8) is 0 Å². The zero-order valence-electron chi connectivity index (χ0n) is 10.8. The second-order valence-electron chi connectivity index (χ2n) is 6.26. The van der Waals surface area contributed by atoms with Gasteiger partial charge in [-0.15, -0.1) is 11.3 Å². The van der Waals surface area contributed by atoms with Crippen LogP contribution in [0.1, 0.15) is 25.0 Å². The summed E-state index contributed by atoms with van der Waals surface area (Å²) in [7, 11) is 0. The number of fused-ring (bicyclic) bond motifs is 2. The quantitative estimate of drug-likeness (QED) is 0.745. The highest BCUT2D eigenvalue weighted by Gasteiger charge is 2.58. The zero-order chi connectivity index (χ0) is 12.3. The predicted octanol–water partition coefficient (Wildman–Crippen LogP) is 4.18. The van der Waals surface area contributed by atoms with Gasteiger partial charge in [0.2, 0.25) is 0 Å². The molecule has 0 spiro atoms. The van der Waals surface area contributed by atoms with Gasteiger partial charge in [-0.2, -0.15) is 0 Å². The maximum atomic E-state index is 4.65. The van der Waals surface area contributed by atoms with Crippen LogP contribution in [0.2, 0.25) is 0 Å². The molecular formula is C16H17NS. The molecule has 0 aromatic carbocycles. The van der Waals surface area contributed by atoms with E-state index in [1.54, 1.807) is 16.9 Å². The molecule has 0 unspecified atom stereocenters. The summed E-state index contributed by atoms with van der Waals surface area (Å²) in [6.07, 6.45) is 4.62. The number of hydrogen-bond acceptors (Lipinski definition) is 2. The third-order valence-electron chi connectivity index (χ3n) is 5.02. The fourth-order valence-corrected chi connectivity index (χ4v) is 4.29. The van der Waals surface area contributed by atoms with Gasteiger partial charge in [-0.3, -0.25) is 4.98 Å². The van der Waals surface area contributed by atoms with Crippen LogP contribution in [0.4, 0.5) is 0 Å². The Hall–Kier alpha value is -1.15. The van der Waals surface area contributed by atoms with Gasteiger partial charge < -0.3 is 0 Å². The average molecular weight is 255 g/mol. The standard InChI is InChI=1S/C16H17NS/c1-16(2)12-6-10-8-14(15-4-3-5-18-15)17-9-11(10)7-13(12)16/h3-5,8-9,12-13H,6-7H2,1-2H3/t12-,13+/m1/s1. The number of rotatable bonds is 1. The summed E-state index contributed by atoms with van der Waals surface area (Å²) in [5.41, 5.74) is 4.74. The van der Waals surface area contributed by atoms with Crippen LogP contribution < -0.4 is 0 Å². The minimum Gasteiger partial charge on any atom is -0.255 e. The monoisotopic (exact) mass is 255 g/mol. The van der Waals surface area contributed by atoms with E-state index in [0.717, 1.165) is 17.5 Å². The number of thiophene rings is 1. The molecule has 2 aliphatic carbocycles. The zero-order valence-corrected chi connectivity index (χ0v) is 11.6. The van der Waals surface area contributed by atoms with E-state index in [-0.39, 0.29) is 0 Å². The summed E-state index contributed by atoms with van der Waals surface area (Å²) in [4.78, 5) is 5.93. The highest BCUT2D eigenvalue weighted by atomic mass is 32.1. The van der Waals surface area contributed by atoms with Gasteiger partial charge in [0.05, 0.1) is 10.6 Å². The lowest BCUT2D eigenvalue weighted by Gasteiger charge is -2.14. The summed E-state index contributed by atoms with van der Waals surface area (Å²) in [6, 6.07) is 6.58. The van der Waals surface area contributed by atoms with Gasteiger partial charge in [0, 0.05) is 6.20 Å². The first-order chi connectivity index (χ1) is 8.66. The molecule has 2 aliphatic rings. The van der Waals surface area contributed by atoms with Crippen LogP contribution in [0.5, 0.6) is 0 Å². The summed E-state index contributed by atoms with van der Waals surface area (Å²) < 4.78 is 0. The van der Waals surface area contributed by atoms with Crippen molar-refractivity contribution >= 4 is 11.3 Å². The van der Waals surface area contributed by atoms with E-state index in [1.165, 1.54) is 23.3 Å². The Bertz CT molecular complexity index is 598. The summed E-state index contributed by atoms with van der Waals surface area (Å²) >= 11 is 1.78. The maximum Gasteiger partial charge on any atom is 0.0804 e. The molecule has 2 heterocycles. The Morgan fingerprint density at radius 1 is 1.22 bits per heavy atom. The Balaban J connectivity index is 1.72. The van der Waals surface area contributed by atoms with Crippen LogP contribution in [0.3, 0.4) is 0 Å². The van der Waals surface area contributed by atoms with Crippen LogP contribution in [-0.4, -0.2) is 4.98 Å². The highest BCUT2D eigenvalue weighted by molar-refractivity contribution is 7.13. The lowest BCUT2D eigenvalue weighted by Crippen LogP contribution is -2.06. The van der Waals surface area contributed by atoms with Gasteiger partial charge >= 0.3 is 0 Å². The number of nitrogens with zero attached hydrogens (tertiary/aromatic N) is 1. The van der Waals surface area contributed by atoms with Crippen LogP contribution in [-0.2, 0) is 12.8 Å². The van der Waals surface area contributed by atoms with Crippen molar-refractivity contribution in [2.75, 3.05) is 0 Å². The minimum atomic E-state index is 0.558. The Morgan fingerprint density at radius 2 is 2.00 bits per heavy atom. The minimum absolute atomic E-state index is 0.558. The SMILES string of the molecule is CC1(C)[C@@H]2Cc3cc(-c4cccs4)ncc3C[C@@H]21. The van der Waals surface area contributed by atoms with Crippen molar-refractivity contribution < 1.29 is 0 Å². The Labute approximate surface area is 112 Å². The first kappa shape index (κ1) is 10.7. The smallest absolute Gasteiger partial charge is 0.0804 e. The molecule has 0 aliphatic heterocycles. The van der Waals surface area contributed by atoms with E-state index < -0.39 is 0 Å². The topological polar surface area (TPSA) is 12.9 Å². The first-order valence-corrected chi connectivity index (χ1v) is 7.56. The second-order valence-corrected chi connectivity index (χ2v) is 7.21. The van der Waals surface area contributed by atoms with E-state index in [9.17, 15) is 0 Å². The van der Waals surface area contributed by atoms with E-state index in [1.807, 2.05) is 0 Å². The lowest BCUT2D eigenvalue weighted by atomic mass is 9.93. The summed E-state index contributed by atoms with van der Waals surface area (Å²) in [5.74, 6) is 1.81. The average Bonchev–Trinajstić information content (AvgIpc) is 2.80. The largest absolute Gasteiger partial charge is 0.255 e. The normalized spacial score (nSPS) is 27.4. The highest BCUT2D eigenvalue weighted by Crippen LogP contribution is 2.63. The Kier molecular flexibility index (Phi) is 2.06. The molecule has 1 fully saturated rings. The van der Waals surface area contributed by atoms with Gasteiger partial charge in [-0.05, 0) is 58.7 Å². The molecule has 18 heavy (non-hydrogen) atoms. The van der Waals surface area contributed by atoms with Crippen LogP contribution in [0, 0.1) is 17.3 Å². The predicted molar refractivity (Wildman–Crippen MR) is 75.7 cm³/mol. The van der Waals surface area contributed by atoms with E-state index in [0.29, 0.717) is 5.41 Å². The molecule has 2 atom stereocenters. The lowest BCUT2D eigenvalue weighted by molar-refractivity contribution is 0.542. The number of hydrogen-bond donors (Lipinski definition) is 0. The van der Waals surface area contributed by atoms with Gasteiger partial charge in [0.1, 0.15) is 0 Å². The molecule has 1 saturated carbocycles. The molecule has 4 rings (SSSR count). The number of pyridine rings is 1. The van der Waals surface area contributed by atoms with Crippen molar-refractivity contribution in [1.29, 1.82) is 0 Å². The van der Waals surface area contributed by atoms with Gasteiger partial charge in [0.15, 0.2) is 0 Å². The molecule has 0 saturated heterocycles. The van der Waals surface area contributed by atoms with E-state index >= 15 is 0 Å². The molecule has 2 heteroatoms. The van der Waals surface area contributed by atoms with Crippen LogP contribution in [0.25, 0.3) is 10.6 Å². The molecular weight excluding hydrogens is 238 g/mol.